The smallest absolute Gasteiger partial charge is 0.234 e. The number of carbonyl (C=O) groups excluding carboxylic acids is 1. The van der Waals surface area contributed by atoms with E-state index in [-0.39, 0.29) is 12.5 Å². The molecule has 4 heteroatoms. The number of piperazine rings is 1. The van der Waals surface area contributed by atoms with E-state index in [0.29, 0.717) is 31.6 Å². The highest BCUT2D eigenvalue weighted by Crippen LogP contribution is 2.12. The highest BCUT2D eigenvalue weighted by molar-refractivity contribution is 5.78. The number of amides is 1. The van der Waals surface area contributed by atoms with Gasteiger partial charge in [-0.15, -0.1) is 0 Å². The Morgan fingerprint density at radius 2 is 2.38 bits per heavy atom. The van der Waals surface area contributed by atoms with Crippen LogP contribution in [-0.2, 0) is 4.79 Å². The van der Waals surface area contributed by atoms with Gasteiger partial charge in [0.15, 0.2) is 0 Å². The summed E-state index contributed by atoms with van der Waals surface area (Å²) < 4.78 is 0. The molecular formula is C9H18N2O2. The Labute approximate surface area is 78.9 Å². The van der Waals surface area contributed by atoms with Crippen molar-refractivity contribution in [2.24, 2.45) is 5.92 Å². The van der Waals surface area contributed by atoms with Crippen LogP contribution in [0.4, 0.5) is 0 Å². The lowest BCUT2D eigenvalue weighted by molar-refractivity contribution is -0.126. The molecule has 13 heavy (non-hydrogen) atoms. The minimum absolute atomic E-state index is 0.0605. The minimum atomic E-state index is 0.0605. The average molecular weight is 186 g/mol. The van der Waals surface area contributed by atoms with Crippen molar-refractivity contribution in [2.45, 2.75) is 19.9 Å². The Morgan fingerprint density at radius 3 is 2.92 bits per heavy atom. The number of hydrogen-bond donors (Lipinski definition) is 2. The maximum atomic E-state index is 11.1. The molecule has 1 heterocycles. The van der Waals surface area contributed by atoms with Crippen molar-refractivity contribution in [2.75, 3.05) is 26.2 Å². The van der Waals surface area contributed by atoms with Crippen molar-refractivity contribution in [3.8, 4) is 0 Å². The van der Waals surface area contributed by atoms with Gasteiger partial charge in [0.25, 0.3) is 0 Å². The molecule has 1 saturated heterocycles. The highest BCUT2D eigenvalue weighted by Gasteiger charge is 2.27. The van der Waals surface area contributed by atoms with Crippen LogP contribution < -0.4 is 5.32 Å². The Morgan fingerprint density at radius 1 is 1.69 bits per heavy atom. The van der Waals surface area contributed by atoms with E-state index in [1.54, 1.807) is 0 Å². The van der Waals surface area contributed by atoms with Crippen molar-refractivity contribution in [1.82, 2.24) is 10.2 Å². The van der Waals surface area contributed by atoms with E-state index in [0.717, 1.165) is 0 Å². The summed E-state index contributed by atoms with van der Waals surface area (Å²) in [6.07, 6.45) is 0. The molecule has 0 bridgehead atoms. The summed E-state index contributed by atoms with van der Waals surface area (Å²) in [6.45, 7) is 6.10. The van der Waals surface area contributed by atoms with Crippen molar-refractivity contribution in [3.05, 3.63) is 0 Å². The van der Waals surface area contributed by atoms with Gasteiger partial charge in [-0.1, -0.05) is 13.8 Å². The van der Waals surface area contributed by atoms with Crippen LogP contribution >= 0.6 is 0 Å². The molecule has 1 amide bonds. The maximum Gasteiger partial charge on any atom is 0.234 e. The van der Waals surface area contributed by atoms with Crippen molar-refractivity contribution in [1.29, 1.82) is 0 Å². The fourth-order valence-corrected chi connectivity index (χ4v) is 1.74. The minimum Gasteiger partial charge on any atom is -0.395 e. The molecule has 1 aliphatic rings. The van der Waals surface area contributed by atoms with Gasteiger partial charge >= 0.3 is 0 Å². The van der Waals surface area contributed by atoms with Gasteiger partial charge < -0.3 is 10.4 Å². The zero-order valence-corrected chi connectivity index (χ0v) is 8.29. The van der Waals surface area contributed by atoms with Crippen LogP contribution in [0, 0.1) is 5.92 Å². The van der Waals surface area contributed by atoms with Gasteiger partial charge in [0.05, 0.1) is 13.2 Å². The molecule has 0 radical (unpaired) electrons. The molecule has 4 nitrogen and oxygen atoms in total. The Kier molecular flexibility index (Phi) is 3.69. The van der Waals surface area contributed by atoms with E-state index in [4.69, 9.17) is 5.11 Å². The van der Waals surface area contributed by atoms with Crippen molar-refractivity contribution < 1.29 is 9.90 Å². The number of carbonyl (C=O) groups is 1. The standard InChI is InChI=1S/C9H18N2O2/c1-7(2)8-5-10-9(13)6-11(8)3-4-12/h7-8,12H,3-6H2,1-2H3,(H,10,13). The molecule has 1 atom stereocenters. The second kappa shape index (κ2) is 4.58. The molecule has 0 spiro atoms. The Balaban J connectivity index is 2.55. The van der Waals surface area contributed by atoms with Crippen LogP contribution in [0.5, 0.6) is 0 Å². The normalized spacial score (nSPS) is 24.9. The summed E-state index contributed by atoms with van der Waals surface area (Å²) in [5.74, 6) is 0.567. The first-order chi connectivity index (χ1) is 6.15. The molecule has 0 aromatic rings. The zero-order chi connectivity index (χ0) is 9.84. The predicted octanol–water partition coefficient (Wildman–Crippen LogP) is -0.565. The molecule has 0 aromatic carbocycles. The second-order valence-corrected chi connectivity index (χ2v) is 3.81. The van der Waals surface area contributed by atoms with E-state index in [9.17, 15) is 4.79 Å². The third-order valence-electron chi connectivity index (χ3n) is 2.48. The first-order valence-electron chi connectivity index (χ1n) is 4.76. The molecule has 76 valence electrons. The SMILES string of the molecule is CC(C)C1CNC(=O)CN1CCO. The summed E-state index contributed by atoms with van der Waals surface area (Å²) in [6, 6.07) is 0.366. The lowest BCUT2D eigenvalue weighted by Crippen LogP contribution is -2.56. The number of nitrogens with one attached hydrogen (secondary N) is 1. The van der Waals surface area contributed by atoms with Gasteiger partial charge in [-0.3, -0.25) is 9.69 Å². The summed E-state index contributed by atoms with van der Waals surface area (Å²) >= 11 is 0. The van der Waals surface area contributed by atoms with Crippen molar-refractivity contribution >= 4 is 5.91 Å². The van der Waals surface area contributed by atoms with Gasteiger partial charge in [-0.05, 0) is 5.92 Å². The van der Waals surface area contributed by atoms with Gasteiger partial charge in [-0.25, -0.2) is 0 Å². The fourth-order valence-electron chi connectivity index (χ4n) is 1.74. The monoisotopic (exact) mass is 186 g/mol. The number of nitrogens with zero attached hydrogens (tertiary/aromatic N) is 1. The number of hydrogen-bond acceptors (Lipinski definition) is 3. The summed E-state index contributed by atoms with van der Waals surface area (Å²) in [5.41, 5.74) is 0. The van der Waals surface area contributed by atoms with Crippen LogP contribution in [0.1, 0.15) is 13.8 Å². The molecule has 1 aliphatic heterocycles. The molecule has 1 rings (SSSR count). The topological polar surface area (TPSA) is 52.6 Å². The molecule has 1 unspecified atom stereocenters. The average Bonchev–Trinajstić information content (AvgIpc) is 2.04. The highest BCUT2D eigenvalue weighted by atomic mass is 16.3. The van der Waals surface area contributed by atoms with Gasteiger partial charge in [0.2, 0.25) is 5.91 Å². The van der Waals surface area contributed by atoms with Crippen LogP contribution in [0.25, 0.3) is 0 Å². The number of aliphatic hydroxyl groups excluding tert-OH is 1. The maximum absolute atomic E-state index is 11.1. The largest absolute Gasteiger partial charge is 0.395 e. The second-order valence-electron chi connectivity index (χ2n) is 3.81. The van der Waals surface area contributed by atoms with E-state index in [1.807, 2.05) is 4.90 Å². The van der Waals surface area contributed by atoms with E-state index >= 15 is 0 Å². The third kappa shape index (κ3) is 2.67. The number of β-amino-alcohol motifs (C(OH)–C–C–N with tert-alkyl or cyclic N) is 1. The third-order valence-corrected chi connectivity index (χ3v) is 2.48. The summed E-state index contributed by atoms with van der Waals surface area (Å²) in [4.78, 5) is 13.1. The van der Waals surface area contributed by atoms with Crippen LogP contribution in [0.15, 0.2) is 0 Å². The van der Waals surface area contributed by atoms with Gasteiger partial charge in [0, 0.05) is 19.1 Å². The molecule has 0 aromatic heterocycles. The molecule has 2 N–H and O–H groups in total. The van der Waals surface area contributed by atoms with Gasteiger partial charge in [0.1, 0.15) is 0 Å². The lowest BCUT2D eigenvalue weighted by atomic mass is 10.0. The van der Waals surface area contributed by atoms with Gasteiger partial charge in [-0.2, -0.15) is 0 Å². The van der Waals surface area contributed by atoms with Crippen molar-refractivity contribution in [3.63, 3.8) is 0 Å². The van der Waals surface area contributed by atoms with E-state index in [2.05, 4.69) is 19.2 Å². The number of aliphatic hydroxyl groups is 1. The quantitative estimate of drug-likeness (QED) is 0.621. The summed E-state index contributed by atoms with van der Waals surface area (Å²) in [7, 11) is 0. The van der Waals surface area contributed by atoms with Crippen LogP contribution in [-0.4, -0.2) is 48.2 Å². The number of rotatable bonds is 3. The fraction of sp³-hybridized carbons (Fsp3) is 0.889. The Hall–Kier alpha value is -0.610. The predicted molar refractivity (Wildman–Crippen MR) is 50.3 cm³/mol. The van der Waals surface area contributed by atoms with Crippen LogP contribution in [0.2, 0.25) is 0 Å². The molecule has 1 fully saturated rings. The molecular weight excluding hydrogens is 168 g/mol. The first kappa shape index (κ1) is 10.5. The zero-order valence-electron chi connectivity index (χ0n) is 8.29. The molecule has 0 saturated carbocycles. The molecule has 0 aliphatic carbocycles. The van der Waals surface area contributed by atoms with E-state index in [1.165, 1.54) is 0 Å². The van der Waals surface area contributed by atoms with E-state index < -0.39 is 0 Å². The Bertz CT molecular complexity index is 182. The summed E-state index contributed by atoms with van der Waals surface area (Å²) in [5, 5.41) is 11.7. The first-order valence-corrected chi connectivity index (χ1v) is 4.76. The van der Waals surface area contributed by atoms with Crippen LogP contribution in [0.3, 0.4) is 0 Å². The lowest BCUT2D eigenvalue weighted by Gasteiger charge is -2.37.